The molecule has 1 aliphatic carbocycles. The first-order valence-corrected chi connectivity index (χ1v) is 8.65. The third-order valence-electron chi connectivity index (χ3n) is 5.13. The molecule has 0 aliphatic heterocycles. The monoisotopic (exact) mass is 310 g/mol. The molecular formula is C22H18N2. The number of fused-ring (bicyclic) bond motifs is 5. The van der Waals surface area contributed by atoms with Gasteiger partial charge < -0.3 is 0 Å². The summed E-state index contributed by atoms with van der Waals surface area (Å²) in [4.78, 5) is 9.37. The third-order valence-corrected chi connectivity index (χ3v) is 5.13. The molecule has 0 fully saturated rings. The maximum Gasteiger partial charge on any atom is 0.0759 e. The number of hydrogen-bond donors (Lipinski definition) is 0. The lowest BCUT2D eigenvalue weighted by molar-refractivity contribution is 0.689. The first kappa shape index (κ1) is 13.7. The van der Waals surface area contributed by atoms with E-state index in [9.17, 15) is 0 Å². The van der Waals surface area contributed by atoms with Crippen LogP contribution in [0.3, 0.4) is 0 Å². The van der Waals surface area contributed by atoms with Crippen LogP contribution in [0.2, 0.25) is 0 Å². The van der Waals surface area contributed by atoms with Crippen LogP contribution in [0.1, 0.15) is 24.0 Å². The van der Waals surface area contributed by atoms with Crippen LogP contribution in [0.15, 0.2) is 60.9 Å². The van der Waals surface area contributed by atoms with Crippen molar-refractivity contribution in [3.05, 3.63) is 72.1 Å². The fraction of sp³-hybridized carbons (Fsp3) is 0.182. The minimum atomic E-state index is 1.10. The first-order chi connectivity index (χ1) is 11.9. The molecule has 2 heteroatoms. The summed E-state index contributed by atoms with van der Waals surface area (Å²) in [5.41, 5.74) is 6.29. The summed E-state index contributed by atoms with van der Waals surface area (Å²) in [6.07, 6.45) is 8.54. The summed E-state index contributed by atoms with van der Waals surface area (Å²) in [5.74, 6) is 0. The predicted octanol–water partition coefficient (Wildman–Crippen LogP) is 5.33. The molecule has 0 N–H and O–H groups in total. The van der Waals surface area contributed by atoms with Gasteiger partial charge in [0, 0.05) is 23.3 Å². The van der Waals surface area contributed by atoms with E-state index in [0.29, 0.717) is 0 Å². The molecule has 0 saturated carbocycles. The van der Waals surface area contributed by atoms with Crippen molar-refractivity contribution in [2.45, 2.75) is 25.7 Å². The van der Waals surface area contributed by atoms with Crippen LogP contribution >= 0.6 is 0 Å². The van der Waals surface area contributed by atoms with Gasteiger partial charge in [-0.25, -0.2) is 4.98 Å². The Morgan fingerprint density at radius 1 is 0.792 bits per heavy atom. The van der Waals surface area contributed by atoms with Crippen LogP contribution in [0.4, 0.5) is 0 Å². The molecule has 1 aliphatic rings. The van der Waals surface area contributed by atoms with Crippen LogP contribution < -0.4 is 0 Å². The highest BCUT2D eigenvalue weighted by Gasteiger charge is 2.20. The van der Waals surface area contributed by atoms with Crippen LogP contribution in [0.5, 0.6) is 0 Å². The summed E-state index contributed by atoms with van der Waals surface area (Å²) < 4.78 is 0. The van der Waals surface area contributed by atoms with Gasteiger partial charge in [0.25, 0.3) is 0 Å². The molecule has 24 heavy (non-hydrogen) atoms. The average Bonchev–Trinajstić information content (AvgIpc) is 2.67. The maximum absolute atomic E-state index is 5.07. The van der Waals surface area contributed by atoms with Gasteiger partial charge in [-0.1, -0.05) is 30.3 Å². The van der Waals surface area contributed by atoms with Gasteiger partial charge in [0.15, 0.2) is 0 Å². The van der Waals surface area contributed by atoms with Gasteiger partial charge in [0.1, 0.15) is 0 Å². The predicted molar refractivity (Wildman–Crippen MR) is 99.1 cm³/mol. The number of aryl methyl sites for hydroxylation is 1. The maximum atomic E-state index is 5.07. The Morgan fingerprint density at radius 3 is 2.54 bits per heavy atom. The van der Waals surface area contributed by atoms with Crippen molar-refractivity contribution in [1.82, 2.24) is 9.97 Å². The minimum absolute atomic E-state index is 1.10. The van der Waals surface area contributed by atoms with Gasteiger partial charge in [-0.3, -0.25) is 4.98 Å². The van der Waals surface area contributed by atoms with E-state index in [2.05, 4.69) is 47.4 Å². The van der Waals surface area contributed by atoms with Crippen LogP contribution in [-0.2, 0) is 12.8 Å². The first-order valence-electron chi connectivity index (χ1n) is 8.65. The number of benzene rings is 2. The highest BCUT2D eigenvalue weighted by Crippen LogP contribution is 2.37. The van der Waals surface area contributed by atoms with Crippen molar-refractivity contribution in [3.63, 3.8) is 0 Å². The van der Waals surface area contributed by atoms with Crippen molar-refractivity contribution in [2.75, 3.05) is 0 Å². The zero-order chi connectivity index (χ0) is 15.9. The van der Waals surface area contributed by atoms with Crippen molar-refractivity contribution >= 4 is 21.7 Å². The lowest BCUT2D eigenvalue weighted by Crippen LogP contribution is -2.08. The van der Waals surface area contributed by atoms with E-state index in [1.165, 1.54) is 40.1 Å². The Balaban J connectivity index is 1.92. The topological polar surface area (TPSA) is 25.8 Å². The smallest absolute Gasteiger partial charge is 0.0759 e. The minimum Gasteiger partial charge on any atom is -0.264 e. The van der Waals surface area contributed by atoms with E-state index in [1.807, 2.05) is 18.5 Å². The van der Waals surface area contributed by atoms with Gasteiger partial charge in [-0.15, -0.1) is 0 Å². The van der Waals surface area contributed by atoms with E-state index in [4.69, 9.17) is 4.98 Å². The van der Waals surface area contributed by atoms with Crippen LogP contribution in [-0.4, -0.2) is 9.97 Å². The quantitative estimate of drug-likeness (QED) is 0.444. The second-order valence-electron chi connectivity index (χ2n) is 6.55. The van der Waals surface area contributed by atoms with Gasteiger partial charge in [-0.2, -0.15) is 0 Å². The molecule has 2 aromatic heterocycles. The summed E-state index contributed by atoms with van der Waals surface area (Å²) in [7, 11) is 0. The molecule has 0 amide bonds. The Kier molecular flexibility index (Phi) is 3.08. The van der Waals surface area contributed by atoms with Gasteiger partial charge >= 0.3 is 0 Å². The molecule has 4 aromatic rings. The summed E-state index contributed by atoms with van der Waals surface area (Å²) in [5, 5.41) is 3.99. The molecule has 2 heterocycles. The second kappa shape index (κ2) is 5.41. The Hall–Kier alpha value is -2.74. The molecule has 0 radical (unpaired) electrons. The summed E-state index contributed by atoms with van der Waals surface area (Å²) in [6.45, 7) is 0. The van der Waals surface area contributed by atoms with E-state index in [-0.39, 0.29) is 0 Å². The fourth-order valence-corrected chi connectivity index (χ4v) is 4.04. The van der Waals surface area contributed by atoms with Gasteiger partial charge in [0.05, 0.1) is 11.2 Å². The number of nitrogens with zero attached hydrogens (tertiary/aromatic N) is 2. The molecule has 0 atom stereocenters. The largest absolute Gasteiger partial charge is 0.264 e. The van der Waals surface area contributed by atoms with E-state index in [1.54, 1.807) is 0 Å². The molecule has 0 spiro atoms. The SMILES string of the molecule is c1cncc(-c2nc3ccc4ccccc4c3c3c2CCCC3)c1. The lowest BCUT2D eigenvalue weighted by atomic mass is 9.85. The third kappa shape index (κ3) is 2.03. The highest BCUT2D eigenvalue weighted by molar-refractivity contribution is 6.09. The Morgan fingerprint density at radius 2 is 1.67 bits per heavy atom. The molecule has 0 unspecified atom stereocenters. The Labute approximate surface area is 141 Å². The fourth-order valence-electron chi connectivity index (χ4n) is 4.04. The van der Waals surface area contributed by atoms with Crippen molar-refractivity contribution < 1.29 is 0 Å². The standard InChI is InChI=1S/C22H18N2/c1-2-8-17-15(6-1)11-12-20-21(17)18-9-3-4-10-19(18)22(24-20)16-7-5-13-23-14-16/h1-2,5-8,11-14H,3-4,9-10H2. The summed E-state index contributed by atoms with van der Waals surface area (Å²) in [6, 6.07) is 17.1. The van der Waals surface area contributed by atoms with Crippen molar-refractivity contribution in [3.8, 4) is 11.3 Å². The molecule has 0 saturated heterocycles. The van der Waals surface area contributed by atoms with Crippen molar-refractivity contribution in [1.29, 1.82) is 0 Å². The van der Waals surface area contributed by atoms with Crippen LogP contribution in [0.25, 0.3) is 32.9 Å². The van der Waals surface area contributed by atoms with Crippen LogP contribution in [0, 0.1) is 0 Å². The second-order valence-corrected chi connectivity index (χ2v) is 6.55. The highest BCUT2D eigenvalue weighted by atomic mass is 14.7. The molecule has 2 nitrogen and oxygen atoms in total. The number of hydrogen-bond acceptors (Lipinski definition) is 2. The molecular weight excluding hydrogens is 292 g/mol. The average molecular weight is 310 g/mol. The zero-order valence-corrected chi connectivity index (χ0v) is 13.5. The number of pyridine rings is 2. The number of aromatic nitrogens is 2. The molecule has 0 bridgehead atoms. The molecule has 116 valence electrons. The van der Waals surface area contributed by atoms with E-state index >= 15 is 0 Å². The molecule has 5 rings (SSSR count). The lowest BCUT2D eigenvalue weighted by Gasteiger charge is -2.22. The number of rotatable bonds is 1. The normalized spacial score (nSPS) is 14.0. The molecule has 2 aromatic carbocycles. The Bertz CT molecular complexity index is 1050. The van der Waals surface area contributed by atoms with Crippen molar-refractivity contribution in [2.24, 2.45) is 0 Å². The summed E-state index contributed by atoms with van der Waals surface area (Å²) >= 11 is 0. The van der Waals surface area contributed by atoms with E-state index in [0.717, 1.165) is 29.6 Å². The van der Waals surface area contributed by atoms with E-state index < -0.39 is 0 Å². The van der Waals surface area contributed by atoms with Gasteiger partial charge in [0.2, 0.25) is 0 Å². The zero-order valence-electron chi connectivity index (χ0n) is 13.5. The van der Waals surface area contributed by atoms with Gasteiger partial charge in [-0.05, 0) is 65.8 Å².